The molecule has 132 valence electrons. The normalized spacial score (nSPS) is 17.6. The van der Waals surface area contributed by atoms with Crippen LogP contribution in [0.2, 0.25) is 0 Å². The summed E-state index contributed by atoms with van der Waals surface area (Å²) < 4.78 is 26.8. The van der Waals surface area contributed by atoms with Crippen molar-refractivity contribution in [1.82, 2.24) is 15.6 Å². The van der Waals surface area contributed by atoms with E-state index in [1.54, 1.807) is 31.4 Å². The van der Waals surface area contributed by atoms with Gasteiger partial charge in [-0.25, -0.2) is 13.8 Å². The second-order valence-electron chi connectivity index (χ2n) is 5.94. The summed E-state index contributed by atoms with van der Waals surface area (Å²) >= 11 is 0. The Morgan fingerprint density at radius 1 is 1.28 bits per heavy atom. The molecule has 2 aromatic rings. The van der Waals surface area contributed by atoms with Gasteiger partial charge in [0, 0.05) is 38.9 Å². The first-order valence-corrected chi connectivity index (χ1v) is 8.23. The SMILES string of the molecule is CN=C(NCc1ccc(F)cc1)NC1CCN(c2ncccc2F)C1. The predicted octanol–water partition coefficient (Wildman–Crippen LogP) is 2.30. The molecule has 1 fully saturated rings. The molecular weight excluding hydrogens is 324 g/mol. The molecule has 1 aromatic heterocycles. The number of rotatable bonds is 4. The maximum atomic E-state index is 13.8. The number of halogens is 2. The van der Waals surface area contributed by atoms with E-state index in [1.807, 2.05) is 4.90 Å². The van der Waals surface area contributed by atoms with Crippen molar-refractivity contribution in [3.8, 4) is 0 Å². The van der Waals surface area contributed by atoms with Crippen LogP contribution in [0.1, 0.15) is 12.0 Å². The van der Waals surface area contributed by atoms with Crippen molar-refractivity contribution in [2.45, 2.75) is 19.0 Å². The van der Waals surface area contributed by atoms with Gasteiger partial charge in [0.25, 0.3) is 0 Å². The first kappa shape index (κ1) is 17.1. The first-order valence-electron chi connectivity index (χ1n) is 8.23. The summed E-state index contributed by atoms with van der Waals surface area (Å²) in [5.41, 5.74) is 0.966. The molecule has 0 amide bonds. The van der Waals surface area contributed by atoms with Crippen molar-refractivity contribution in [2.24, 2.45) is 4.99 Å². The van der Waals surface area contributed by atoms with E-state index in [9.17, 15) is 8.78 Å². The molecule has 7 heteroatoms. The van der Waals surface area contributed by atoms with Gasteiger partial charge in [-0.15, -0.1) is 0 Å². The molecule has 1 aliphatic rings. The van der Waals surface area contributed by atoms with Crippen molar-refractivity contribution >= 4 is 11.8 Å². The fraction of sp³-hybridized carbons (Fsp3) is 0.333. The second-order valence-corrected chi connectivity index (χ2v) is 5.94. The molecule has 25 heavy (non-hydrogen) atoms. The number of hydrogen-bond donors (Lipinski definition) is 2. The Hall–Kier alpha value is -2.70. The Bertz CT molecular complexity index is 733. The highest BCUT2D eigenvalue weighted by atomic mass is 19.1. The van der Waals surface area contributed by atoms with Crippen LogP contribution >= 0.6 is 0 Å². The Morgan fingerprint density at radius 3 is 2.80 bits per heavy atom. The highest BCUT2D eigenvalue weighted by Crippen LogP contribution is 2.20. The summed E-state index contributed by atoms with van der Waals surface area (Å²) in [7, 11) is 1.70. The van der Waals surface area contributed by atoms with E-state index < -0.39 is 0 Å². The van der Waals surface area contributed by atoms with Crippen molar-refractivity contribution in [3.63, 3.8) is 0 Å². The molecule has 0 spiro atoms. The fourth-order valence-electron chi connectivity index (χ4n) is 2.86. The number of aliphatic imine (C=N–C) groups is 1. The number of nitrogens with one attached hydrogen (secondary N) is 2. The van der Waals surface area contributed by atoms with Crippen molar-refractivity contribution in [1.29, 1.82) is 0 Å². The minimum atomic E-state index is -0.304. The molecule has 1 aliphatic heterocycles. The molecule has 0 bridgehead atoms. The lowest BCUT2D eigenvalue weighted by Gasteiger charge is -2.20. The number of aromatic nitrogens is 1. The molecular formula is C18H21F2N5. The molecule has 1 atom stereocenters. The van der Waals surface area contributed by atoms with E-state index in [2.05, 4.69) is 20.6 Å². The Labute approximate surface area is 145 Å². The summed E-state index contributed by atoms with van der Waals surface area (Å²) in [6, 6.07) is 9.50. The van der Waals surface area contributed by atoms with E-state index in [-0.39, 0.29) is 17.7 Å². The molecule has 2 N–H and O–H groups in total. The van der Waals surface area contributed by atoms with Crippen LogP contribution in [-0.4, -0.2) is 37.1 Å². The molecule has 0 radical (unpaired) electrons. The fourth-order valence-corrected chi connectivity index (χ4v) is 2.86. The Morgan fingerprint density at radius 2 is 2.08 bits per heavy atom. The highest BCUT2D eigenvalue weighted by Gasteiger charge is 2.25. The van der Waals surface area contributed by atoms with Gasteiger partial charge in [0.2, 0.25) is 0 Å². The van der Waals surface area contributed by atoms with Gasteiger partial charge in [0.05, 0.1) is 0 Å². The van der Waals surface area contributed by atoms with Gasteiger partial charge >= 0.3 is 0 Å². The van der Waals surface area contributed by atoms with E-state index >= 15 is 0 Å². The van der Waals surface area contributed by atoms with Gasteiger partial charge < -0.3 is 15.5 Å². The summed E-state index contributed by atoms with van der Waals surface area (Å²) in [5, 5.41) is 6.55. The van der Waals surface area contributed by atoms with Crippen LogP contribution in [0.4, 0.5) is 14.6 Å². The van der Waals surface area contributed by atoms with E-state index in [1.165, 1.54) is 18.2 Å². The number of pyridine rings is 1. The quantitative estimate of drug-likeness (QED) is 0.660. The van der Waals surface area contributed by atoms with E-state index in [4.69, 9.17) is 0 Å². The largest absolute Gasteiger partial charge is 0.352 e. The minimum Gasteiger partial charge on any atom is -0.352 e. The third-order valence-electron chi connectivity index (χ3n) is 4.16. The molecule has 3 rings (SSSR count). The summed E-state index contributed by atoms with van der Waals surface area (Å²) in [6.07, 6.45) is 2.47. The van der Waals surface area contributed by atoms with Crippen LogP contribution in [-0.2, 0) is 6.54 Å². The maximum Gasteiger partial charge on any atom is 0.191 e. The molecule has 0 aliphatic carbocycles. The van der Waals surface area contributed by atoms with Crippen molar-refractivity contribution in [3.05, 3.63) is 59.8 Å². The molecule has 1 saturated heterocycles. The topological polar surface area (TPSA) is 52.6 Å². The first-order chi connectivity index (χ1) is 12.2. The molecule has 1 aromatic carbocycles. The number of guanidine groups is 1. The van der Waals surface area contributed by atoms with Gasteiger partial charge in [0.15, 0.2) is 17.6 Å². The molecule has 2 heterocycles. The number of benzene rings is 1. The van der Waals surface area contributed by atoms with Gasteiger partial charge in [0.1, 0.15) is 5.82 Å². The van der Waals surface area contributed by atoms with Gasteiger partial charge in [-0.2, -0.15) is 0 Å². The lowest BCUT2D eigenvalue weighted by molar-refractivity contribution is 0.612. The minimum absolute atomic E-state index is 0.154. The average molecular weight is 345 g/mol. The van der Waals surface area contributed by atoms with E-state index in [0.717, 1.165) is 18.5 Å². The number of hydrogen-bond acceptors (Lipinski definition) is 3. The van der Waals surface area contributed by atoms with Crippen LogP contribution in [0.25, 0.3) is 0 Å². The monoisotopic (exact) mass is 345 g/mol. The van der Waals surface area contributed by atoms with Crippen molar-refractivity contribution in [2.75, 3.05) is 25.0 Å². The number of anilines is 1. The number of nitrogens with zero attached hydrogens (tertiary/aromatic N) is 3. The Balaban J connectivity index is 1.53. The third-order valence-corrected chi connectivity index (χ3v) is 4.16. The highest BCUT2D eigenvalue weighted by molar-refractivity contribution is 5.80. The third kappa shape index (κ3) is 4.43. The smallest absolute Gasteiger partial charge is 0.191 e. The molecule has 5 nitrogen and oxygen atoms in total. The van der Waals surface area contributed by atoms with Gasteiger partial charge in [-0.05, 0) is 36.2 Å². The predicted molar refractivity (Wildman–Crippen MR) is 94.5 cm³/mol. The van der Waals surface area contributed by atoms with E-state index in [0.29, 0.717) is 24.9 Å². The summed E-state index contributed by atoms with van der Waals surface area (Å²) in [6.45, 7) is 1.94. The zero-order valence-corrected chi connectivity index (χ0v) is 14.0. The van der Waals surface area contributed by atoms with Gasteiger partial charge in [-0.1, -0.05) is 12.1 Å². The summed E-state index contributed by atoms with van der Waals surface area (Å²) in [5.74, 6) is 0.500. The lowest BCUT2D eigenvalue weighted by atomic mass is 10.2. The zero-order valence-electron chi connectivity index (χ0n) is 14.0. The standard InChI is InChI=1S/C18H21F2N5/c1-21-18(23-11-13-4-6-14(19)7-5-13)24-15-8-10-25(12-15)17-16(20)3-2-9-22-17/h2-7,9,15H,8,10-12H2,1H3,(H2,21,23,24). The summed E-state index contributed by atoms with van der Waals surface area (Å²) in [4.78, 5) is 10.3. The van der Waals surface area contributed by atoms with Crippen LogP contribution in [0, 0.1) is 11.6 Å². The van der Waals surface area contributed by atoms with Crippen molar-refractivity contribution < 1.29 is 8.78 Å². The zero-order chi connectivity index (χ0) is 17.6. The lowest BCUT2D eigenvalue weighted by Crippen LogP contribution is -2.44. The van der Waals surface area contributed by atoms with Crippen LogP contribution in [0.3, 0.4) is 0 Å². The average Bonchev–Trinajstić information content (AvgIpc) is 3.08. The molecule has 1 unspecified atom stereocenters. The van der Waals surface area contributed by atoms with Crippen LogP contribution in [0.5, 0.6) is 0 Å². The van der Waals surface area contributed by atoms with Gasteiger partial charge in [-0.3, -0.25) is 4.99 Å². The van der Waals surface area contributed by atoms with Crippen LogP contribution in [0.15, 0.2) is 47.6 Å². The molecule has 0 saturated carbocycles. The Kier molecular flexibility index (Phi) is 5.42. The maximum absolute atomic E-state index is 13.8. The second kappa shape index (κ2) is 7.92. The van der Waals surface area contributed by atoms with Crippen LogP contribution < -0.4 is 15.5 Å².